The molecule has 4 aromatic carbocycles. The van der Waals surface area contributed by atoms with Crippen LogP contribution < -0.4 is 5.32 Å². The molecule has 0 aliphatic carbocycles. The molecular weight excluding hydrogens is 462 g/mol. The van der Waals surface area contributed by atoms with E-state index in [0.29, 0.717) is 5.75 Å². The molecule has 4 aromatic rings. The highest BCUT2D eigenvalue weighted by atomic mass is 79.9. The molecule has 0 aromatic heterocycles. The molecular formula is C24H18BrNOS2. The molecule has 0 aliphatic rings. The summed E-state index contributed by atoms with van der Waals surface area (Å²) in [5, 5.41) is 5.37. The average Bonchev–Trinajstić information content (AvgIpc) is 2.75. The largest absolute Gasteiger partial charge is 0.325 e. The van der Waals surface area contributed by atoms with Crippen molar-refractivity contribution < 1.29 is 4.79 Å². The van der Waals surface area contributed by atoms with Crippen LogP contribution >= 0.6 is 39.5 Å². The van der Waals surface area contributed by atoms with Crippen LogP contribution in [0, 0.1) is 0 Å². The Morgan fingerprint density at radius 1 is 0.759 bits per heavy atom. The number of benzene rings is 4. The Hall–Kier alpha value is -2.21. The molecule has 29 heavy (non-hydrogen) atoms. The maximum Gasteiger partial charge on any atom is 0.234 e. The van der Waals surface area contributed by atoms with Crippen LogP contribution in [0.5, 0.6) is 0 Å². The fraction of sp³-hybridized carbons (Fsp3) is 0.0417. The molecule has 2 nitrogen and oxygen atoms in total. The number of thioether (sulfide) groups is 1. The van der Waals surface area contributed by atoms with Gasteiger partial charge in [0.2, 0.25) is 5.91 Å². The number of amides is 1. The van der Waals surface area contributed by atoms with E-state index < -0.39 is 0 Å². The zero-order valence-corrected chi connectivity index (χ0v) is 18.7. The topological polar surface area (TPSA) is 29.1 Å². The molecule has 144 valence electrons. The second-order valence-electron chi connectivity index (χ2n) is 6.43. The van der Waals surface area contributed by atoms with Crippen molar-refractivity contribution in [1.29, 1.82) is 0 Å². The fourth-order valence-corrected chi connectivity index (χ4v) is 4.67. The monoisotopic (exact) mass is 479 g/mol. The fourth-order valence-electron chi connectivity index (χ4n) is 2.85. The van der Waals surface area contributed by atoms with Gasteiger partial charge in [0.05, 0.1) is 5.75 Å². The third kappa shape index (κ3) is 5.66. The minimum Gasteiger partial charge on any atom is -0.325 e. The molecule has 0 saturated heterocycles. The summed E-state index contributed by atoms with van der Waals surface area (Å²) in [5.41, 5.74) is 0.814. The molecule has 0 bridgehead atoms. The lowest BCUT2D eigenvalue weighted by Gasteiger charge is -2.07. The number of hydrogen-bond acceptors (Lipinski definition) is 3. The first-order valence-electron chi connectivity index (χ1n) is 9.11. The summed E-state index contributed by atoms with van der Waals surface area (Å²) in [7, 11) is 0. The van der Waals surface area contributed by atoms with Crippen molar-refractivity contribution in [2.75, 3.05) is 11.1 Å². The third-order valence-corrected chi connectivity index (χ3v) is 6.82. The molecule has 0 atom stereocenters. The lowest BCUT2D eigenvalue weighted by molar-refractivity contribution is -0.113. The summed E-state index contributed by atoms with van der Waals surface area (Å²) < 4.78 is 1.07. The van der Waals surface area contributed by atoms with Gasteiger partial charge < -0.3 is 5.32 Å². The smallest absolute Gasteiger partial charge is 0.234 e. The van der Waals surface area contributed by atoms with Gasteiger partial charge in [-0.1, -0.05) is 58.0 Å². The van der Waals surface area contributed by atoms with E-state index in [1.165, 1.54) is 15.7 Å². The number of anilines is 1. The van der Waals surface area contributed by atoms with Crippen LogP contribution in [0.1, 0.15) is 0 Å². The van der Waals surface area contributed by atoms with Crippen molar-refractivity contribution in [1.82, 2.24) is 0 Å². The normalized spacial score (nSPS) is 10.8. The summed E-state index contributed by atoms with van der Waals surface area (Å²) in [4.78, 5) is 15.7. The Morgan fingerprint density at radius 2 is 1.38 bits per heavy atom. The number of fused-ring (bicyclic) bond motifs is 1. The van der Waals surface area contributed by atoms with Gasteiger partial charge in [-0.25, -0.2) is 0 Å². The van der Waals surface area contributed by atoms with Gasteiger partial charge in [0, 0.05) is 24.8 Å². The van der Waals surface area contributed by atoms with Crippen molar-refractivity contribution in [3.8, 4) is 0 Å². The molecule has 0 unspecified atom stereocenters. The van der Waals surface area contributed by atoms with Gasteiger partial charge in [-0.05, 0) is 71.4 Å². The van der Waals surface area contributed by atoms with Gasteiger partial charge in [0.25, 0.3) is 0 Å². The van der Waals surface area contributed by atoms with E-state index >= 15 is 0 Å². The van der Waals surface area contributed by atoms with E-state index in [0.717, 1.165) is 20.0 Å². The van der Waals surface area contributed by atoms with Crippen LogP contribution in [-0.4, -0.2) is 11.7 Å². The Kier molecular flexibility index (Phi) is 6.60. The molecule has 0 radical (unpaired) electrons. The highest BCUT2D eigenvalue weighted by Crippen LogP contribution is 2.29. The van der Waals surface area contributed by atoms with E-state index in [1.807, 2.05) is 48.5 Å². The Balaban J connectivity index is 1.31. The molecule has 0 saturated carbocycles. The molecule has 4 rings (SSSR count). The number of nitrogens with one attached hydrogen (secondary N) is 1. The van der Waals surface area contributed by atoms with Gasteiger partial charge in [-0.3, -0.25) is 4.79 Å². The SMILES string of the molecule is O=C(CSc1ccc2ccccc2c1)Nc1ccc(Sc2ccc(Br)cc2)cc1. The predicted molar refractivity (Wildman–Crippen MR) is 128 cm³/mol. The van der Waals surface area contributed by atoms with Gasteiger partial charge in [-0.2, -0.15) is 0 Å². The molecule has 5 heteroatoms. The predicted octanol–water partition coefficient (Wildman–Crippen LogP) is 7.48. The minimum absolute atomic E-state index is 0.00327. The molecule has 1 N–H and O–H groups in total. The zero-order valence-electron chi connectivity index (χ0n) is 15.5. The number of carbonyl (C=O) groups excluding carboxylic acids is 1. The van der Waals surface area contributed by atoms with E-state index in [1.54, 1.807) is 23.5 Å². The minimum atomic E-state index is -0.00327. The van der Waals surface area contributed by atoms with Gasteiger partial charge in [0.15, 0.2) is 0 Å². The first-order valence-corrected chi connectivity index (χ1v) is 11.7. The van der Waals surface area contributed by atoms with Crippen molar-refractivity contribution in [2.24, 2.45) is 0 Å². The van der Waals surface area contributed by atoms with E-state index in [4.69, 9.17) is 0 Å². The molecule has 0 fully saturated rings. The second-order valence-corrected chi connectivity index (χ2v) is 9.54. The summed E-state index contributed by atoms with van der Waals surface area (Å²) in [6.45, 7) is 0. The van der Waals surface area contributed by atoms with Crippen molar-refractivity contribution in [3.63, 3.8) is 0 Å². The van der Waals surface area contributed by atoms with E-state index in [-0.39, 0.29) is 5.91 Å². The molecule has 1 amide bonds. The van der Waals surface area contributed by atoms with Crippen LogP contribution in [0.2, 0.25) is 0 Å². The molecule has 0 aliphatic heterocycles. The number of hydrogen-bond donors (Lipinski definition) is 1. The van der Waals surface area contributed by atoms with Crippen LogP contribution in [0.25, 0.3) is 10.8 Å². The van der Waals surface area contributed by atoms with Crippen LogP contribution in [0.15, 0.2) is 110 Å². The summed E-state index contributed by atoms with van der Waals surface area (Å²) in [5.74, 6) is 0.379. The standard InChI is InChI=1S/C24H18BrNOS2/c25-19-6-11-21(12-7-19)29-22-13-8-20(9-14-22)26-24(27)16-28-23-10-5-17-3-1-2-4-18(17)15-23/h1-15H,16H2,(H,26,27). The lowest BCUT2D eigenvalue weighted by atomic mass is 10.1. The Bertz CT molecular complexity index is 1130. The Morgan fingerprint density at radius 3 is 2.10 bits per heavy atom. The van der Waals surface area contributed by atoms with Crippen LogP contribution in [-0.2, 0) is 4.79 Å². The van der Waals surface area contributed by atoms with E-state index in [9.17, 15) is 4.79 Å². The number of halogens is 1. The zero-order chi connectivity index (χ0) is 20.1. The summed E-state index contributed by atoms with van der Waals surface area (Å²) >= 11 is 6.69. The van der Waals surface area contributed by atoms with Gasteiger partial charge in [-0.15, -0.1) is 11.8 Å². The van der Waals surface area contributed by atoms with Crippen LogP contribution in [0.3, 0.4) is 0 Å². The first kappa shape index (κ1) is 20.1. The van der Waals surface area contributed by atoms with Gasteiger partial charge in [0.1, 0.15) is 0 Å². The summed E-state index contributed by atoms with van der Waals surface area (Å²) in [6, 6.07) is 30.7. The van der Waals surface area contributed by atoms with Crippen molar-refractivity contribution in [3.05, 3.63) is 95.5 Å². The molecule has 0 heterocycles. The maximum atomic E-state index is 12.3. The first-order chi connectivity index (χ1) is 14.2. The number of carbonyl (C=O) groups is 1. The van der Waals surface area contributed by atoms with Crippen LogP contribution in [0.4, 0.5) is 5.69 Å². The molecule has 0 spiro atoms. The highest BCUT2D eigenvalue weighted by molar-refractivity contribution is 9.10. The van der Waals surface area contributed by atoms with Crippen molar-refractivity contribution in [2.45, 2.75) is 14.7 Å². The van der Waals surface area contributed by atoms with Crippen molar-refractivity contribution >= 4 is 61.8 Å². The second kappa shape index (κ2) is 9.53. The van der Waals surface area contributed by atoms with Gasteiger partial charge >= 0.3 is 0 Å². The summed E-state index contributed by atoms with van der Waals surface area (Å²) in [6.07, 6.45) is 0. The third-order valence-electron chi connectivity index (χ3n) is 4.28. The average molecular weight is 480 g/mol. The quantitative estimate of drug-likeness (QED) is 0.290. The highest BCUT2D eigenvalue weighted by Gasteiger charge is 2.05. The van der Waals surface area contributed by atoms with E-state index in [2.05, 4.69) is 63.7 Å². The maximum absolute atomic E-state index is 12.3. The lowest BCUT2D eigenvalue weighted by Crippen LogP contribution is -2.13. The Labute approximate surface area is 187 Å². The number of rotatable bonds is 6.